The highest BCUT2D eigenvalue weighted by Crippen LogP contribution is 2.38. The summed E-state index contributed by atoms with van der Waals surface area (Å²) in [6, 6.07) is 0. The summed E-state index contributed by atoms with van der Waals surface area (Å²) in [5, 5.41) is 0. The van der Waals surface area contributed by atoms with Crippen LogP contribution in [0.2, 0.25) is 0 Å². The fourth-order valence-corrected chi connectivity index (χ4v) is 2.68. The molecule has 164 valence electrons. The largest absolute Gasteiger partial charge is 0.465 e. The SMILES string of the molecule is CCCCOC(=O)C(C)(C)CC(C)(CC)C(=O)OCCOC(=O)C(C)(C)CC. The van der Waals surface area contributed by atoms with E-state index in [0.29, 0.717) is 25.9 Å². The van der Waals surface area contributed by atoms with Gasteiger partial charge in [0.05, 0.1) is 22.9 Å². The number of esters is 3. The third kappa shape index (κ3) is 8.19. The molecule has 0 amide bonds. The Bertz CT molecular complexity index is 523. The van der Waals surface area contributed by atoms with Gasteiger partial charge in [0.2, 0.25) is 0 Å². The first-order valence-corrected chi connectivity index (χ1v) is 10.4. The van der Waals surface area contributed by atoms with Crippen LogP contribution in [-0.4, -0.2) is 37.7 Å². The smallest absolute Gasteiger partial charge is 0.311 e. The Kier molecular flexibility index (Phi) is 10.8. The zero-order valence-electron chi connectivity index (χ0n) is 19.1. The maximum Gasteiger partial charge on any atom is 0.311 e. The summed E-state index contributed by atoms with van der Waals surface area (Å²) in [6.07, 6.45) is 3.29. The van der Waals surface area contributed by atoms with E-state index in [-0.39, 0.29) is 25.2 Å². The number of carbonyl (C=O) groups is 3. The number of rotatable bonds is 13. The number of carbonyl (C=O) groups excluding carboxylic acids is 3. The minimum atomic E-state index is -0.819. The molecule has 1 atom stereocenters. The summed E-state index contributed by atoms with van der Waals surface area (Å²) in [4.78, 5) is 37.0. The maximum atomic E-state index is 12.6. The second kappa shape index (κ2) is 11.4. The minimum absolute atomic E-state index is 0.00132. The molecule has 0 saturated heterocycles. The van der Waals surface area contributed by atoms with E-state index in [9.17, 15) is 14.4 Å². The number of unbranched alkanes of at least 4 members (excludes halogenated alkanes) is 1. The minimum Gasteiger partial charge on any atom is -0.465 e. The third-order valence-electron chi connectivity index (χ3n) is 5.37. The van der Waals surface area contributed by atoms with Crippen molar-refractivity contribution in [2.45, 2.75) is 87.5 Å². The fourth-order valence-electron chi connectivity index (χ4n) is 2.68. The van der Waals surface area contributed by atoms with E-state index in [2.05, 4.69) is 0 Å². The third-order valence-corrected chi connectivity index (χ3v) is 5.37. The van der Waals surface area contributed by atoms with Crippen LogP contribution in [0.4, 0.5) is 0 Å². The molecule has 0 radical (unpaired) electrons. The van der Waals surface area contributed by atoms with Gasteiger partial charge in [-0.05, 0) is 60.3 Å². The lowest BCUT2D eigenvalue weighted by atomic mass is 9.72. The Morgan fingerprint density at radius 2 is 1.11 bits per heavy atom. The Morgan fingerprint density at radius 3 is 1.57 bits per heavy atom. The van der Waals surface area contributed by atoms with Gasteiger partial charge in [0.15, 0.2) is 0 Å². The molecule has 6 nitrogen and oxygen atoms in total. The van der Waals surface area contributed by atoms with Crippen molar-refractivity contribution in [2.24, 2.45) is 16.2 Å². The molecule has 0 aromatic rings. The molecule has 0 spiro atoms. The normalized spacial score (nSPS) is 14.1. The zero-order valence-corrected chi connectivity index (χ0v) is 19.1. The molecular formula is C22H40O6. The molecule has 0 aromatic heterocycles. The van der Waals surface area contributed by atoms with Crippen molar-refractivity contribution < 1.29 is 28.6 Å². The summed E-state index contributed by atoms with van der Waals surface area (Å²) in [6.45, 7) is 15.3. The molecule has 0 aliphatic heterocycles. The second-order valence-corrected chi connectivity index (χ2v) is 8.97. The van der Waals surface area contributed by atoms with Gasteiger partial charge < -0.3 is 14.2 Å². The molecule has 0 rings (SSSR count). The van der Waals surface area contributed by atoms with Crippen molar-refractivity contribution in [1.29, 1.82) is 0 Å². The van der Waals surface area contributed by atoms with Gasteiger partial charge in [-0.15, -0.1) is 0 Å². The van der Waals surface area contributed by atoms with Crippen molar-refractivity contribution in [3.05, 3.63) is 0 Å². The van der Waals surface area contributed by atoms with Gasteiger partial charge in [-0.3, -0.25) is 14.4 Å². The lowest BCUT2D eigenvalue weighted by molar-refractivity contribution is -0.167. The summed E-state index contributed by atoms with van der Waals surface area (Å²) in [5.74, 6) is -1.00. The Labute approximate surface area is 170 Å². The van der Waals surface area contributed by atoms with Crippen LogP contribution in [-0.2, 0) is 28.6 Å². The molecule has 0 bridgehead atoms. The van der Waals surface area contributed by atoms with Crippen molar-refractivity contribution in [2.75, 3.05) is 19.8 Å². The van der Waals surface area contributed by atoms with Crippen LogP contribution in [0.25, 0.3) is 0 Å². The molecule has 0 aliphatic rings. The van der Waals surface area contributed by atoms with Crippen LogP contribution in [0.5, 0.6) is 0 Å². The topological polar surface area (TPSA) is 78.9 Å². The van der Waals surface area contributed by atoms with Crippen LogP contribution in [0.3, 0.4) is 0 Å². The van der Waals surface area contributed by atoms with E-state index in [1.54, 1.807) is 20.8 Å². The average Bonchev–Trinajstić information content (AvgIpc) is 2.64. The van der Waals surface area contributed by atoms with Crippen molar-refractivity contribution in [3.8, 4) is 0 Å². The van der Waals surface area contributed by atoms with Gasteiger partial charge in [-0.2, -0.15) is 0 Å². The average molecular weight is 401 g/mol. The van der Waals surface area contributed by atoms with Gasteiger partial charge in [0.1, 0.15) is 13.2 Å². The van der Waals surface area contributed by atoms with E-state index in [1.165, 1.54) is 0 Å². The van der Waals surface area contributed by atoms with Crippen molar-refractivity contribution in [3.63, 3.8) is 0 Å². The molecule has 0 N–H and O–H groups in total. The summed E-state index contributed by atoms with van der Waals surface area (Å²) < 4.78 is 15.9. The predicted octanol–water partition coefficient (Wildman–Crippen LogP) is 4.68. The molecule has 0 aliphatic carbocycles. The second-order valence-electron chi connectivity index (χ2n) is 8.97. The van der Waals surface area contributed by atoms with Crippen LogP contribution in [0, 0.1) is 16.2 Å². The standard InChI is InChI=1S/C22H40O6/c1-9-12-13-26-18(24)21(6,7)16-22(8,11-3)19(25)28-15-14-27-17(23)20(4,5)10-2/h9-16H2,1-8H3. The number of hydrogen-bond acceptors (Lipinski definition) is 6. The van der Waals surface area contributed by atoms with Crippen LogP contribution in [0.1, 0.15) is 87.5 Å². The van der Waals surface area contributed by atoms with Crippen molar-refractivity contribution in [1.82, 2.24) is 0 Å². The quantitative estimate of drug-likeness (QED) is 0.254. The van der Waals surface area contributed by atoms with Gasteiger partial charge in [-0.25, -0.2) is 0 Å². The number of ether oxygens (including phenoxy) is 3. The highest BCUT2D eigenvalue weighted by Gasteiger charge is 2.43. The molecule has 0 fully saturated rings. The molecule has 28 heavy (non-hydrogen) atoms. The van der Waals surface area contributed by atoms with Gasteiger partial charge >= 0.3 is 17.9 Å². The molecule has 1 unspecified atom stereocenters. The van der Waals surface area contributed by atoms with Gasteiger partial charge in [0.25, 0.3) is 0 Å². The highest BCUT2D eigenvalue weighted by molar-refractivity contribution is 5.80. The summed E-state index contributed by atoms with van der Waals surface area (Å²) in [7, 11) is 0. The number of hydrogen-bond donors (Lipinski definition) is 0. The van der Waals surface area contributed by atoms with Gasteiger partial charge in [-0.1, -0.05) is 27.2 Å². The monoisotopic (exact) mass is 400 g/mol. The van der Waals surface area contributed by atoms with Crippen LogP contribution in [0.15, 0.2) is 0 Å². The molecular weight excluding hydrogens is 360 g/mol. The molecule has 6 heteroatoms. The highest BCUT2D eigenvalue weighted by atomic mass is 16.6. The Balaban J connectivity index is 4.70. The molecule has 0 saturated carbocycles. The first-order valence-electron chi connectivity index (χ1n) is 10.4. The van der Waals surface area contributed by atoms with E-state index < -0.39 is 22.2 Å². The first-order chi connectivity index (χ1) is 12.9. The van der Waals surface area contributed by atoms with E-state index >= 15 is 0 Å². The van der Waals surface area contributed by atoms with E-state index in [0.717, 1.165) is 12.8 Å². The Hall–Kier alpha value is -1.59. The molecule has 0 heterocycles. The van der Waals surface area contributed by atoms with E-state index in [1.807, 2.05) is 34.6 Å². The zero-order chi connectivity index (χ0) is 22.0. The lowest BCUT2D eigenvalue weighted by Crippen LogP contribution is -2.39. The first kappa shape index (κ1) is 26.4. The predicted molar refractivity (Wildman–Crippen MR) is 109 cm³/mol. The maximum absolute atomic E-state index is 12.6. The fraction of sp³-hybridized carbons (Fsp3) is 0.864. The summed E-state index contributed by atoms with van der Waals surface area (Å²) >= 11 is 0. The van der Waals surface area contributed by atoms with Crippen molar-refractivity contribution >= 4 is 17.9 Å². The van der Waals surface area contributed by atoms with Gasteiger partial charge in [0, 0.05) is 0 Å². The Morgan fingerprint density at radius 1 is 0.643 bits per heavy atom. The van der Waals surface area contributed by atoms with E-state index in [4.69, 9.17) is 14.2 Å². The van der Waals surface area contributed by atoms with Crippen LogP contribution < -0.4 is 0 Å². The summed E-state index contributed by atoms with van der Waals surface area (Å²) in [5.41, 5.74) is -2.17. The lowest BCUT2D eigenvalue weighted by Gasteiger charge is -2.33. The van der Waals surface area contributed by atoms with Crippen LogP contribution >= 0.6 is 0 Å². The molecule has 0 aromatic carbocycles.